The molecule has 0 bridgehead atoms. The molecule has 0 spiro atoms. The monoisotopic (exact) mass is 311 g/mol. The number of hydrogen-bond donors (Lipinski definition) is 2. The largest absolute Gasteiger partial charge is 0.335 e. The summed E-state index contributed by atoms with van der Waals surface area (Å²) in [7, 11) is 1.80. The maximum absolute atomic E-state index is 11.8. The Kier molecular flexibility index (Phi) is 5.60. The predicted octanol–water partition coefficient (Wildman–Crippen LogP) is 1.31. The van der Waals surface area contributed by atoms with Gasteiger partial charge in [0.1, 0.15) is 6.33 Å². The Balaban J connectivity index is 1.72. The molecule has 0 unspecified atom stereocenters. The highest BCUT2D eigenvalue weighted by molar-refractivity contribution is 7.99. The van der Waals surface area contributed by atoms with Gasteiger partial charge in [-0.3, -0.25) is 10.1 Å². The predicted molar refractivity (Wildman–Crippen MR) is 79.8 cm³/mol. The van der Waals surface area contributed by atoms with Crippen molar-refractivity contribution in [1.82, 2.24) is 25.4 Å². The number of hydrogen-bond acceptors (Lipinski definition) is 5. The molecule has 1 heterocycles. The number of thioether (sulfide) groups is 1. The quantitative estimate of drug-likeness (QED) is 0.819. The summed E-state index contributed by atoms with van der Waals surface area (Å²) in [5.41, 5.74) is 0. The molecule has 0 aromatic carbocycles. The number of aromatic nitrogens is 3. The molecule has 8 heteroatoms. The normalized spacial score (nSPS) is 21.8. The summed E-state index contributed by atoms with van der Waals surface area (Å²) in [4.78, 5) is 23.5. The van der Waals surface area contributed by atoms with Gasteiger partial charge in [0.2, 0.25) is 5.91 Å². The molecule has 3 amide bonds. The number of nitrogens with one attached hydrogen (secondary N) is 2. The summed E-state index contributed by atoms with van der Waals surface area (Å²) < 4.78 is 1.72. The molecule has 1 aromatic rings. The van der Waals surface area contributed by atoms with E-state index >= 15 is 0 Å². The van der Waals surface area contributed by atoms with Crippen molar-refractivity contribution in [3.8, 4) is 0 Å². The van der Waals surface area contributed by atoms with Gasteiger partial charge in [0.15, 0.2) is 5.16 Å². The first-order valence-electron chi connectivity index (χ1n) is 7.13. The minimum absolute atomic E-state index is 0.139. The molecule has 2 rings (SSSR count). The van der Waals surface area contributed by atoms with Crippen molar-refractivity contribution < 1.29 is 9.59 Å². The highest BCUT2D eigenvalue weighted by atomic mass is 32.2. The lowest BCUT2D eigenvalue weighted by Crippen LogP contribution is -2.48. The van der Waals surface area contributed by atoms with E-state index in [0.717, 1.165) is 19.3 Å². The Bertz CT molecular complexity index is 505. The van der Waals surface area contributed by atoms with Gasteiger partial charge < -0.3 is 9.88 Å². The number of carbonyl (C=O) groups is 2. The SMILES string of the molecule is C[C@H]1CCCC[C@@H]1NC(=O)NC(=O)CSc1nncn1C. The number of amides is 3. The van der Waals surface area contributed by atoms with E-state index < -0.39 is 6.03 Å². The van der Waals surface area contributed by atoms with E-state index in [0.29, 0.717) is 11.1 Å². The van der Waals surface area contributed by atoms with Crippen molar-refractivity contribution in [2.45, 2.75) is 43.8 Å². The van der Waals surface area contributed by atoms with Crippen LogP contribution in [0.1, 0.15) is 32.6 Å². The second kappa shape index (κ2) is 7.44. The third-order valence-corrected chi connectivity index (χ3v) is 4.72. The molecule has 1 aliphatic rings. The number of nitrogens with zero attached hydrogens (tertiary/aromatic N) is 3. The first kappa shape index (κ1) is 15.8. The third-order valence-electron chi connectivity index (χ3n) is 3.68. The summed E-state index contributed by atoms with van der Waals surface area (Å²) in [5.74, 6) is 0.275. The topological polar surface area (TPSA) is 88.9 Å². The molecule has 0 saturated heterocycles. The maximum atomic E-state index is 11.8. The van der Waals surface area contributed by atoms with Crippen LogP contribution in [-0.2, 0) is 11.8 Å². The lowest BCUT2D eigenvalue weighted by atomic mass is 9.86. The Hall–Kier alpha value is -1.57. The molecule has 0 radical (unpaired) electrons. The highest BCUT2D eigenvalue weighted by Gasteiger charge is 2.23. The smallest absolute Gasteiger partial charge is 0.321 e. The summed E-state index contributed by atoms with van der Waals surface area (Å²) in [5, 5.41) is 13.5. The molecule has 1 fully saturated rings. The van der Waals surface area contributed by atoms with E-state index in [2.05, 4.69) is 27.8 Å². The lowest BCUT2D eigenvalue weighted by Gasteiger charge is -2.29. The van der Waals surface area contributed by atoms with Crippen LogP contribution >= 0.6 is 11.8 Å². The van der Waals surface area contributed by atoms with Gasteiger partial charge in [-0.2, -0.15) is 0 Å². The second-order valence-electron chi connectivity index (χ2n) is 5.40. The Labute approximate surface area is 128 Å². The fraction of sp³-hybridized carbons (Fsp3) is 0.692. The number of aryl methyl sites for hydroxylation is 1. The average Bonchev–Trinajstić information content (AvgIpc) is 2.84. The summed E-state index contributed by atoms with van der Waals surface area (Å²) in [6, 6.07) is -0.241. The minimum atomic E-state index is -0.405. The molecule has 7 nitrogen and oxygen atoms in total. The maximum Gasteiger partial charge on any atom is 0.321 e. The molecule has 2 atom stereocenters. The van der Waals surface area contributed by atoms with Gasteiger partial charge in [-0.05, 0) is 18.8 Å². The number of urea groups is 1. The van der Waals surface area contributed by atoms with Crippen LogP contribution < -0.4 is 10.6 Å². The van der Waals surface area contributed by atoms with E-state index in [1.54, 1.807) is 17.9 Å². The fourth-order valence-electron chi connectivity index (χ4n) is 2.43. The van der Waals surface area contributed by atoms with Gasteiger partial charge in [0, 0.05) is 13.1 Å². The Morgan fingerprint density at radius 2 is 2.19 bits per heavy atom. The standard InChI is InChI=1S/C13H21N5O2S/c1-9-5-3-4-6-10(9)15-12(20)16-11(19)7-21-13-17-14-8-18(13)2/h8-10H,3-7H2,1-2H3,(H2,15,16,19,20)/t9-,10-/m0/s1. The first-order chi connectivity index (χ1) is 10.1. The lowest BCUT2D eigenvalue weighted by molar-refractivity contribution is -0.117. The van der Waals surface area contributed by atoms with Gasteiger partial charge in [0.25, 0.3) is 0 Å². The van der Waals surface area contributed by atoms with Gasteiger partial charge >= 0.3 is 6.03 Å². The summed E-state index contributed by atoms with van der Waals surface area (Å²) in [6.07, 6.45) is 6.02. The van der Waals surface area contributed by atoms with E-state index in [1.807, 2.05) is 0 Å². The minimum Gasteiger partial charge on any atom is -0.335 e. The van der Waals surface area contributed by atoms with Crippen LogP contribution in [0.5, 0.6) is 0 Å². The molecule has 0 aliphatic heterocycles. The van der Waals surface area contributed by atoms with Crippen LogP contribution in [0.15, 0.2) is 11.5 Å². The summed E-state index contributed by atoms with van der Waals surface area (Å²) >= 11 is 1.25. The number of imide groups is 1. The van der Waals surface area contributed by atoms with Crippen LogP contribution in [0.25, 0.3) is 0 Å². The zero-order valence-electron chi connectivity index (χ0n) is 12.3. The van der Waals surface area contributed by atoms with Crippen LogP contribution in [0.4, 0.5) is 4.79 Å². The number of carbonyl (C=O) groups excluding carboxylic acids is 2. The van der Waals surface area contributed by atoms with E-state index in [-0.39, 0.29) is 17.7 Å². The van der Waals surface area contributed by atoms with Crippen LogP contribution in [0.2, 0.25) is 0 Å². The second-order valence-corrected chi connectivity index (χ2v) is 6.35. The fourth-order valence-corrected chi connectivity index (χ4v) is 3.12. The zero-order chi connectivity index (χ0) is 15.2. The third kappa shape index (κ3) is 4.73. The molecular weight excluding hydrogens is 290 g/mol. The van der Waals surface area contributed by atoms with Crippen molar-refractivity contribution in [2.24, 2.45) is 13.0 Å². The first-order valence-corrected chi connectivity index (χ1v) is 8.12. The Morgan fingerprint density at radius 1 is 1.43 bits per heavy atom. The van der Waals surface area contributed by atoms with Gasteiger partial charge in [-0.15, -0.1) is 10.2 Å². The molecule has 21 heavy (non-hydrogen) atoms. The number of rotatable bonds is 4. The molecule has 1 aliphatic carbocycles. The van der Waals surface area contributed by atoms with Crippen molar-refractivity contribution in [3.05, 3.63) is 6.33 Å². The van der Waals surface area contributed by atoms with Crippen molar-refractivity contribution in [1.29, 1.82) is 0 Å². The van der Waals surface area contributed by atoms with E-state index in [4.69, 9.17) is 0 Å². The Morgan fingerprint density at radius 3 is 2.86 bits per heavy atom. The van der Waals surface area contributed by atoms with E-state index in [9.17, 15) is 9.59 Å². The average molecular weight is 311 g/mol. The highest BCUT2D eigenvalue weighted by Crippen LogP contribution is 2.23. The molecule has 116 valence electrons. The van der Waals surface area contributed by atoms with Crippen molar-refractivity contribution in [2.75, 3.05) is 5.75 Å². The van der Waals surface area contributed by atoms with Crippen LogP contribution in [0, 0.1) is 5.92 Å². The van der Waals surface area contributed by atoms with Gasteiger partial charge in [-0.25, -0.2) is 4.79 Å². The molecule has 2 N–H and O–H groups in total. The van der Waals surface area contributed by atoms with Crippen molar-refractivity contribution in [3.63, 3.8) is 0 Å². The van der Waals surface area contributed by atoms with E-state index in [1.165, 1.54) is 18.2 Å². The van der Waals surface area contributed by atoms with Gasteiger partial charge in [0.05, 0.1) is 5.75 Å². The van der Waals surface area contributed by atoms with Crippen LogP contribution in [0.3, 0.4) is 0 Å². The zero-order valence-corrected chi connectivity index (χ0v) is 13.2. The van der Waals surface area contributed by atoms with Gasteiger partial charge in [-0.1, -0.05) is 31.5 Å². The molecule has 1 saturated carbocycles. The van der Waals surface area contributed by atoms with Crippen molar-refractivity contribution >= 4 is 23.7 Å². The molecular formula is C13H21N5O2S. The molecule has 1 aromatic heterocycles. The van der Waals surface area contributed by atoms with Crippen LogP contribution in [-0.4, -0.2) is 38.5 Å². The summed E-state index contributed by atoms with van der Waals surface area (Å²) in [6.45, 7) is 2.13.